The molecule has 2 aliphatic carbocycles. The van der Waals surface area contributed by atoms with E-state index in [2.05, 4.69) is 18.0 Å². The smallest absolute Gasteiger partial charge is 0.417 e. The molecule has 4 rings (SSSR count). The summed E-state index contributed by atoms with van der Waals surface area (Å²) in [6, 6.07) is 5.01. The van der Waals surface area contributed by atoms with Crippen LogP contribution in [0.1, 0.15) is 37.3 Å². The second-order valence-corrected chi connectivity index (χ2v) is 9.52. The lowest BCUT2D eigenvalue weighted by atomic mass is 9.96. The van der Waals surface area contributed by atoms with Gasteiger partial charge in [-0.1, -0.05) is 18.7 Å². The Morgan fingerprint density at radius 1 is 1.20 bits per heavy atom. The Hall–Kier alpha value is -3.66. The number of alkyl halides is 3. The van der Waals surface area contributed by atoms with Crippen LogP contribution in [0.3, 0.4) is 0 Å². The van der Waals surface area contributed by atoms with Gasteiger partial charge in [0.2, 0.25) is 0 Å². The third-order valence-electron chi connectivity index (χ3n) is 6.78. The quantitative estimate of drug-likeness (QED) is 0.137. The summed E-state index contributed by atoms with van der Waals surface area (Å²) >= 11 is 0. The molecule has 5 nitrogen and oxygen atoms in total. The van der Waals surface area contributed by atoms with Crippen molar-refractivity contribution < 1.29 is 41.3 Å². The summed E-state index contributed by atoms with van der Waals surface area (Å²) in [6.07, 6.45) is 1.76. The van der Waals surface area contributed by atoms with Gasteiger partial charge in [0.1, 0.15) is 29.8 Å². The molecule has 2 unspecified atom stereocenters. The van der Waals surface area contributed by atoms with E-state index in [0.29, 0.717) is 30.6 Å². The summed E-state index contributed by atoms with van der Waals surface area (Å²) in [5.41, 5.74) is 0.461. The Morgan fingerprint density at radius 2 is 1.93 bits per heavy atom. The van der Waals surface area contributed by atoms with Crippen LogP contribution in [0.5, 0.6) is 5.75 Å². The van der Waals surface area contributed by atoms with Crippen molar-refractivity contribution in [3.8, 4) is 16.9 Å². The van der Waals surface area contributed by atoms with Crippen LogP contribution in [0.15, 0.2) is 66.0 Å². The van der Waals surface area contributed by atoms with Crippen LogP contribution in [-0.2, 0) is 22.3 Å². The zero-order valence-electron chi connectivity index (χ0n) is 22.3. The largest absolute Gasteiger partial charge is 0.493 e. The molecule has 0 radical (unpaired) electrons. The number of allylic oxidation sites excluding steroid dienone is 4. The first-order valence-corrected chi connectivity index (χ1v) is 12.8. The number of hydrogen-bond acceptors (Lipinski definition) is 4. The van der Waals surface area contributed by atoms with E-state index < -0.39 is 28.9 Å². The molecule has 0 aliphatic heterocycles. The fraction of sp³-hybridized carbons (Fsp3) is 0.367. The van der Waals surface area contributed by atoms with Crippen LogP contribution in [0.4, 0.5) is 22.0 Å². The van der Waals surface area contributed by atoms with Gasteiger partial charge in [0.25, 0.3) is 6.47 Å². The normalized spacial score (nSPS) is 19.6. The van der Waals surface area contributed by atoms with Gasteiger partial charge in [-0.05, 0) is 92.6 Å². The topological polar surface area (TPSA) is 67.8 Å². The number of carbonyl (C=O) groups is 1. The number of hydrogen-bond donors (Lipinski definition) is 2. The van der Waals surface area contributed by atoms with E-state index in [0.717, 1.165) is 36.3 Å². The van der Waals surface area contributed by atoms with Gasteiger partial charge in [-0.3, -0.25) is 4.79 Å². The van der Waals surface area contributed by atoms with Crippen LogP contribution < -0.4 is 10.1 Å². The van der Waals surface area contributed by atoms with Gasteiger partial charge in [-0.2, -0.15) is 13.2 Å². The molecule has 0 heterocycles. The van der Waals surface area contributed by atoms with Gasteiger partial charge in [-0.15, -0.1) is 0 Å². The highest BCUT2D eigenvalue weighted by atomic mass is 19.4. The molecule has 2 fully saturated rings. The molecule has 40 heavy (non-hydrogen) atoms. The third kappa shape index (κ3) is 7.71. The molecule has 0 amide bonds. The maximum Gasteiger partial charge on any atom is 0.417 e. The molecule has 2 aliphatic rings. The standard InChI is InChI=1S/C29H30F5NO2.CH2O2/c1-4-23-19(12-20-13-24(20)23)10-17(2)37-16-21-11-18(6-7-26(21)30)28-25(29(32,33)34)14-22(15-27(28)31)36-9-5-8-35-3;2-1-3/h4,6-7,10-11,14-15,20,24,35H,2,5,8-9,12-13,16H2,1,3H3;1H,(H,2,3)/b19-10-,23-4+;. The van der Waals surface area contributed by atoms with Gasteiger partial charge in [0.05, 0.1) is 12.2 Å². The van der Waals surface area contributed by atoms with Crippen molar-refractivity contribution in [2.24, 2.45) is 11.8 Å². The lowest BCUT2D eigenvalue weighted by Gasteiger charge is -2.17. The molecule has 2 atom stereocenters. The molecule has 0 bridgehead atoms. The first-order chi connectivity index (χ1) is 19.0. The van der Waals surface area contributed by atoms with Gasteiger partial charge in [0, 0.05) is 17.2 Å². The lowest BCUT2D eigenvalue weighted by Crippen LogP contribution is -2.13. The van der Waals surface area contributed by atoms with E-state index in [9.17, 15) is 17.6 Å². The Kier molecular flexibility index (Phi) is 10.5. The maximum atomic E-state index is 15.0. The molecule has 2 aromatic rings. The van der Waals surface area contributed by atoms with Crippen LogP contribution >= 0.6 is 0 Å². The zero-order chi connectivity index (χ0) is 29.4. The number of rotatable bonds is 10. The minimum atomic E-state index is -4.85. The zero-order valence-corrected chi connectivity index (χ0v) is 22.3. The molecule has 2 N–H and O–H groups in total. The summed E-state index contributed by atoms with van der Waals surface area (Å²) in [4.78, 5) is 8.36. The molecule has 216 valence electrons. The van der Waals surface area contributed by atoms with Crippen LogP contribution in [0.2, 0.25) is 0 Å². The lowest BCUT2D eigenvalue weighted by molar-refractivity contribution is -0.137. The van der Waals surface area contributed by atoms with E-state index in [4.69, 9.17) is 19.4 Å². The molecular weight excluding hydrogens is 533 g/mol. The molecule has 2 aromatic carbocycles. The van der Waals surface area contributed by atoms with Gasteiger partial charge in [-0.25, -0.2) is 8.78 Å². The van der Waals surface area contributed by atoms with Gasteiger partial charge < -0.3 is 19.9 Å². The molecular formula is C30H32F5NO4. The maximum absolute atomic E-state index is 15.0. The van der Waals surface area contributed by atoms with E-state index >= 15 is 4.39 Å². The third-order valence-corrected chi connectivity index (χ3v) is 6.78. The second kappa shape index (κ2) is 13.6. The minimum absolute atomic E-state index is 0.00232. The Balaban J connectivity index is 0.00000141. The molecule has 2 saturated carbocycles. The summed E-state index contributed by atoms with van der Waals surface area (Å²) < 4.78 is 82.2. The molecule has 0 saturated heterocycles. The van der Waals surface area contributed by atoms with Crippen molar-refractivity contribution in [3.63, 3.8) is 0 Å². The highest BCUT2D eigenvalue weighted by Gasteiger charge is 2.46. The number of nitrogens with one attached hydrogen (secondary N) is 1. The number of carboxylic acid groups (broad SMARTS) is 1. The van der Waals surface area contributed by atoms with Crippen molar-refractivity contribution in [1.82, 2.24) is 5.32 Å². The van der Waals surface area contributed by atoms with E-state index in [1.807, 2.05) is 13.0 Å². The Bertz CT molecular complexity index is 1290. The fourth-order valence-corrected chi connectivity index (χ4v) is 4.90. The first kappa shape index (κ1) is 30.9. The SMILES string of the molecule is C=C(/C=C1/CC2CC2/C1=C/C)OCc1cc(-c2c(F)cc(OCCCNC)cc2C(F)(F)F)ccc1F.O=CO. The predicted molar refractivity (Wildman–Crippen MR) is 142 cm³/mol. The summed E-state index contributed by atoms with van der Waals surface area (Å²) in [5, 5.41) is 9.79. The van der Waals surface area contributed by atoms with Crippen molar-refractivity contribution >= 4 is 6.47 Å². The van der Waals surface area contributed by atoms with Crippen molar-refractivity contribution in [2.45, 2.75) is 39.0 Å². The molecule has 10 heteroatoms. The summed E-state index contributed by atoms with van der Waals surface area (Å²) in [6.45, 7) is 6.11. The minimum Gasteiger partial charge on any atom is -0.493 e. The second-order valence-electron chi connectivity index (χ2n) is 9.52. The van der Waals surface area contributed by atoms with E-state index in [-0.39, 0.29) is 36.6 Å². The highest BCUT2D eigenvalue weighted by Crippen LogP contribution is 2.57. The highest BCUT2D eigenvalue weighted by molar-refractivity contribution is 5.70. The number of halogens is 5. The average Bonchev–Trinajstić information content (AvgIpc) is 3.56. The predicted octanol–water partition coefficient (Wildman–Crippen LogP) is 7.28. The van der Waals surface area contributed by atoms with Crippen LogP contribution in [-0.4, -0.2) is 31.8 Å². The van der Waals surface area contributed by atoms with Crippen molar-refractivity contribution in [1.29, 1.82) is 0 Å². The van der Waals surface area contributed by atoms with E-state index in [1.165, 1.54) is 18.1 Å². The fourth-order valence-electron chi connectivity index (χ4n) is 4.90. The van der Waals surface area contributed by atoms with Gasteiger partial charge in [0.15, 0.2) is 0 Å². The number of ether oxygens (including phenoxy) is 2. The van der Waals surface area contributed by atoms with Crippen LogP contribution in [0, 0.1) is 23.5 Å². The van der Waals surface area contributed by atoms with Crippen molar-refractivity contribution in [3.05, 3.63) is 88.7 Å². The number of benzene rings is 2. The van der Waals surface area contributed by atoms with Crippen molar-refractivity contribution in [2.75, 3.05) is 20.2 Å². The first-order valence-electron chi connectivity index (χ1n) is 12.8. The molecule has 0 aromatic heterocycles. The number of fused-ring (bicyclic) bond motifs is 1. The Morgan fingerprint density at radius 3 is 2.58 bits per heavy atom. The van der Waals surface area contributed by atoms with E-state index in [1.54, 1.807) is 7.05 Å². The Labute approximate surface area is 230 Å². The van der Waals surface area contributed by atoms with Crippen LogP contribution in [0.25, 0.3) is 11.1 Å². The monoisotopic (exact) mass is 565 g/mol. The molecule has 0 spiro atoms. The van der Waals surface area contributed by atoms with Gasteiger partial charge >= 0.3 is 6.18 Å². The summed E-state index contributed by atoms with van der Waals surface area (Å²) in [7, 11) is 1.74. The summed E-state index contributed by atoms with van der Waals surface area (Å²) in [5.74, 6) is -0.390. The average molecular weight is 566 g/mol.